The van der Waals surface area contributed by atoms with Gasteiger partial charge in [-0.15, -0.1) is 22.7 Å². The Hall–Kier alpha value is -1.24. The molecule has 2 bridgehead atoms. The summed E-state index contributed by atoms with van der Waals surface area (Å²) in [7, 11) is 0. The first-order chi connectivity index (χ1) is 10.2. The van der Waals surface area contributed by atoms with Crippen LogP contribution in [0, 0.1) is 6.92 Å². The van der Waals surface area contributed by atoms with Gasteiger partial charge in [-0.2, -0.15) is 0 Å². The molecule has 0 aliphatic carbocycles. The van der Waals surface area contributed by atoms with E-state index in [0.717, 1.165) is 17.0 Å². The minimum absolute atomic E-state index is 0.0229. The maximum Gasteiger partial charge on any atom is 0.280 e. The summed E-state index contributed by atoms with van der Waals surface area (Å²) >= 11 is 3.18. The highest BCUT2D eigenvalue weighted by Gasteiger charge is 2.40. The number of carbonyl (C=O) groups is 1. The van der Waals surface area contributed by atoms with Crippen LogP contribution < -0.4 is 10.6 Å². The van der Waals surface area contributed by atoms with Gasteiger partial charge in [0.2, 0.25) is 0 Å². The average Bonchev–Trinajstić information content (AvgIpc) is 3.22. The smallest absolute Gasteiger partial charge is 0.280 e. The standard InChI is InChI=1S/C15H17N3OS2/c1-8-13(12-3-2-6-20-12)21-15(16-8)14(19)18-11-7-9-4-5-10(11)17-9/h2-3,6,9-11,17H,4-5,7H2,1H3,(H,18,19)/t9-,10+,11-/m1/s1. The van der Waals surface area contributed by atoms with E-state index >= 15 is 0 Å². The van der Waals surface area contributed by atoms with Crippen molar-refractivity contribution in [2.75, 3.05) is 0 Å². The minimum atomic E-state index is -0.0229. The fraction of sp³-hybridized carbons (Fsp3) is 0.467. The molecule has 0 saturated carbocycles. The summed E-state index contributed by atoms with van der Waals surface area (Å²) in [5, 5.41) is 9.34. The summed E-state index contributed by atoms with van der Waals surface area (Å²) in [6.45, 7) is 1.97. The maximum atomic E-state index is 12.4. The molecule has 2 aliphatic rings. The molecule has 4 nitrogen and oxygen atoms in total. The molecule has 4 rings (SSSR count). The molecular weight excluding hydrogens is 302 g/mol. The van der Waals surface area contributed by atoms with Gasteiger partial charge in [-0.25, -0.2) is 4.98 Å². The lowest BCUT2D eigenvalue weighted by atomic mass is 9.95. The first-order valence-corrected chi connectivity index (χ1v) is 8.98. The Labute approximate surface area is 131 Å². The normalized spacial score (nSPS) is 27.2. The Morgan fingerprint density at radius 2 is 2.38 bits per heavy atom. The second-order valence-electron chi connectivity index (χ2n) is 5.77. The van der Waals surface area contributed by atoms with Crippen molar-refractivity contribution in [1.29, 1.82) is 0 Å². The van der Waals surface area contributed by atoms with Crippen LogP contribution in [0.1, 0.15) is 34.8 Å². The predicted molar refractivity (Wildman–Crippen MR) is 86.0 cm³/mol. The summed E-state index contributed by atoms with van der Waals surface area (Å²) < 4.78 is 0. The Bertz CT molecular complexity index is 665. The van der Waals surface area contributed by atoms with Crippen LogP contribution in [-0.2, 0) is 0 Å². The highest BCUT2D eigenvalue weighted by Crippen LogP contribution is 2.33. The van der Waals surface area contributed by atoms with Crippen molar-refractivity contribution in [1.82, 2.24) is 15.6 Å². The number of hydrogen-bond donors (Lipinski definition) is 2. The lowest BCUT2D eigenvalue weighted by molar-refractivity contribution is 0.0930. The predicted octanol–water partition coefficient (Wildman–Crippen LogP) is 2.80. The molecule has 0 radical (unpaired) electrons. The zero-order valence-electron chi connectivity index (χ0n) is 11.8. The van der Waals surface area contributed by atoms with Gasteiger partial charge in [0.25, 0.3) is 5.91 Å². The van der Waals surface area contributed by atoms with Crippen molar-refractivity contribution in [2.24, 2.45) is 0 Å². The quantitative estimate of drug-likeness (QED) is 0.915. The SMILES string of the molecule is Cc1nc(C(=O)N[C@@H]2C[C@H]3CC[C@@H]2N3)sc1-c1cccs1. The third-order valence-electron chi connectivity index (χ3n) is 4.35. The lowest BCUT2D eigenvalue weighted by Crippen LogP contribution is -2.42. The van der Waals surface area contributed by atoms with Crippen LogP contribution in [0.2, 0.25) is 0 Å². The van der Waals surface area contributed by atoms with Gasteiger partial charge < -0.3 is 10.6 Å². The van der Waals surface area contributed by atoms with Crippen molar-refractivity contribution < 1.29 is 4.79 Å². The molecule has 2 aromatic rings. The number of rotatable bonds is 3. The van der Waals surface area contributed by atoms with Crippen LogP contribution in [-0.4, -0.2) is 29.0 Å². The molecule has 0 aromatic carbocycles. The Morgan fingerprint density at radius 3 is 3.05 bits per heavy atom. The molecule has 21 heavy (non-hydrogen) atoms. The summed E-state index contributed by atoms with van der Waals surface area (Å²) in [5.74, 6) is -0.0229. The molecule has 3 atom stereocenters. The van der Waals surface area contributed by atoms with Crippen LogP contribution >= 0.6 is 22.7 Å². The molecule has 2 fully saturated rings. The van der Waals surface area contributed by atoms with Crippen LogP contribution in [0.15, 0.2) is 17.5 Å². The fourth-order valence-electron chi connectivity index (χ4n) is 3.34. The lowest BCUT2D eigenvalue weighted by Gasteiger charge is -2.20. The van der Waals surface area contributed by atoms with Crippen LogP contribution in [0.5, 0.6) is 0 Å². The zero-order chi connectivity index (χ0) is 14.4. The third-order valence-corrected chi connectivity index (χ3v) is 6.56. The highest BCUT2D eigenvalue weighted by atomic mass is 32.1. The van der Waals surface area contributed by atoms with Crippen LogP contribution in [0.25, 0.3) is 9.75 Å². The van der Waals surface area contributed by atoms with E-state index in [0.29, 0.717) is 17.1 Å². The number of hydrogen-bond acceptors (Lipinski definition) is 5. The Balaban J connectivity index is 1.51. The van der Waals surface area contributed by atoms with Gasteiger partial charge >= 0.3 is 0 Å². The van der Waals surface area contributed by atoms with Crippen LogP contribution in [0.4, 0.5) is 0 Å². The number of aromatic nitrogens is 1. The summed E-state index contributed by atoms with van der Waals surface area (Å²) in [6, 6.07) is 5.43. The number of fused-ring (bicyclic) bond motifs is 2. The van der Waals surface area contributed by atoms with Gasteiger partial charge in [0, 0.05) is 23.0 Å². The molecule has 2 aromatic heterocycles. The number of thiophene rings is 1. The van der Waals surface area contributed by atoms with E-state index in [1.807, 2.05) is 13.0 Å². The van der Waals surface area contributed by atoms with E-state index in [9.17, 15) is 4.79 Å². The molecule has 0 unspecified atom stereocenters. The van der Waals surface area contributed by atoms with Crippen molar-refractivity contribution in [3.63, 3.8) is 0 Å². The Morgan fingerprint density at radius 1 is 1.48 bits per heavy atom. The molecular formula is C15H17N3OS2. The molecule has 1 amide bonds. The van der Waals surface area contributed by atoms with Gasteiger partial charge in [-0.1, -0.05) is 6.07 Å². The zero-order valence-corrected chi connectivity index (χ0v) is 13.4. The van der Waals surface area contributed by atoms with Crippen molar-refractivity contribution in [3.8, 4) is 9.75 Å². The molecule has 110 valence electrons. The van der Waals surface area contributed by atoms with E-state index in [4.69, 9.17) is 0 Å². The number of amides is 1. The number of nitrogens with zero attached hydrogens (tertiary/aromatic N) is 1. The summed E-state index contributed by atoms with van der Waals surface area (Å²) in [4.78, 5) is 19.2. The monoisotopic (exact) mass is 319 g/mol. The summed E-state index contributed by atoms with van der Waals surface area (Å²) in [6.07, 6.45) is 3.47. The fourth-order valence-corrected chi connectivity index (χ4v) is 5.22. The molecule has 6 heteroatoms. The number of thiazole rings is 1. The van der Waals surface area contributed by atoms with Gasteiger partial charge in [0.05, 0.1) is 10.6 Å². The number of nitrogens with one attached hydrogen (secondary N) is 2. The van der Waals surface area contributed by atoms with Crippen molar-refractivity contribution in [2.45, 2.75) is 44.3 Å². The molecule has 0 spiro atoms. The topological polar surface area (TPSA) is 54.0 Å². The van der Waals surface area contributed by atoms with Crippen LogP contribution in [0.3, 0.4) is 0 Å². The van der Waals surface area contributed by atoms with E-state index in [2.05, 4.69) is 27.1 Å². The number of aryl methyl sites for hydroxylation is 1. The van der Waals surface area contributed by atoms with Gasteiger partial charge in [-0.3, -0.25) is 4.79 Å². The second kappa shape index (κ2) is 5.19. The van der Waals surface area contributed by atoms with Gasteiger partial charge in [0.1, 0.15) is 0 Å². The van der Waals surface area contributed by atoms with E-state index in [-0.39, 0.29) is 11.9 Å². The molecule has 2 N–H and O–H groups in total. The van der Waals surface area contributed by atoms with Crippen molar-refractivity contribution >= 4 is 28.6 Å². The second-order valence-corrected chi connectivity index (χ2v) is 7.72. The molecule has 4 heterocycles. The number of carbonyl (C=O) groups excluding carboxylic acids is 1. The first kappa shape index (κ1) is 13.4. The Kier molecular flexibility index (Phi) is 3.32. The first-order valence-electron chi connectivity index (χ1n) is 7.29. The van der Waals surface area contributed by atoms with Crippen molar-refractivity contribution in [3.05, 3.63) is 28.2 Å². The largest absolute Gasteiger partial charge is 0.346 e. The maximum absolute atomic E-state index is 12.4. The van der Waals surface area contributed by atoms with E-state index in [1.54, 1.807) is 11.3 Å². The summed E-state index contributed by atoms with van der Waals surface area (Å²) in [5.41, 5.74) is 0.943. The highest BCUT2D eigenvalue weighted by molar-refractivity contribution is 7.22. The molecule has 2 aliphatic heterocycles. The third kappa shape index (κ3) is 2.41. The van der Waals surface area contributed by atoms with E-state index < -0.39 is 0 Å². The van der Waals surface area contributed by atoms with Gasteiger partial charge in [-0.05, 0) is 37.6 Å². The minimum Gasteiger partial charge on any atom is -0.346 e. The van der Waals surface area contributed by atoms with Gasteiger partial charge in [0.15, 0.2) is 5.01 Å². The average molecular weight is 319 g/mol. The molecule has 2 saturated heterocycles. The van der Waals surface area contributed by atoms with E-state index in [1.165, 1.54) is 29.1 Å².